The topological polar surface area (TPSA) is 41.9 Å². The minimum absolute atomic E-state index is 0.0921. The molecule has 138 valence electrons. The van der Waals surface area contributed by atoms with Gasteiger partial charge in [-0.3, -0.25) is 0 Å². The van der Waals surface area contributed by atoms with Crippen LogP contribution in [0.15, 0.2) is 48.5 Å². The van der Waals surface area contributed by atoms with Crippen molar-refractivity contribution in [3.8, 4) is 0 Å². The molecule has 0 bridgehead atoms. The van der Waals surface area contributed by atoms with Crippen LogP contribution in [0, 0.1) is 0 Å². The minimum atomic E-state index is -0.618. The Kier molecular flexibility index (Phi) is 4.75. The minimum Gasteiger partial charge on any atom is -0.394 e. The van der Waals surface area contributed by atoms with Crippen molar-refractivity contribution < 1.29 is 23.4 Å². The lowest BCUT2D eigenvalue weighted by Crippen LogP contribution is -2.47. The van der Waals surface area contributed by atoms with Gasteiger partial charge < -0.3 is 14.6 Å². The molecule has 2 saturated heterocycles. The molecule has 2 unspecified atom stereocenters. The Balaban J connectivity index is 1.67. The third kappa shape index (κ3) is 2.83. The zero-order valence-corrected chi connectivity index (χ0v) is 14.3. The van der Waals surface area contributed by atoms with Crippen LogP contribution >= 0.6 is 0 Å². The molecule has 6 heteroatoms. The highest BCUT2D eigenvalue weighted by atomic mass is 19.1. The monoisotopic (exact) mass is 361 g/mol. The van der Waals surface area contributed by atoms with Gasteiger partial charge in [-0.05, 0) is 22.3 Å². The molecule has 2 aliphatic heterocycles. The maximum atomic E-state index is 12.8. The van der Waals surface area contributed by atoms with Crippen molar-refractivity contribution in [2.45, 2.75) is 31.3 Å². The highest BCUT2D eigenvalue weighted by Gasteiger charge is 2.56. The molecule has 2 heterocycles. The zero-order chi connectivity index (χ0) is 18.1. The number of nitrogens with zero attached hydrogens (tertiary/aromatic N) is 1. The van der Waals surface area contributed by atoms with Crippen molar-refractivity contribution in [2.75, 3.05) is 19.8 Å². The average Bonchev–Trinajstić information content (AvgIpc) is 3.26. The lowest BCUT2D eigenvalue weighted by atomic mass is 10.0. The van der Waals surface area contributed by atoms with E-state index in [1.165, 1.54) is 0 Å². The number of hydrogen-bond acceptors (Lipinski definition) is 4. The van der Waals surface area contributed by atoms with E-state index in [2.05, 4.69) is 0 Å². The van der Waals surface area contributed by atoms with Gasteiger partial charge in [0.15, 0.2) is 0 Å². The van der Waals surface area contributed by atoms with Crippen LogP contribution in [0.1, 0.15) is 34.7 Å². The number of aliphatic hydroxyl groups excluding tert-OH is 1. The summed E-state index contributed by atoms with van der Waals surface area (Å²) < 4.78 is 37.6. The Morgan fingerprint density at radius 2 is 1.27 bits per heavy atom. The summed E-state index contributed by atoms with van der Waals surface area (Å²) in [6.07, 6.45) is -0.798. The number of halogens is 2. The van der Waals surface area contributed by atoms with E-state index in [0.29, 0.717) is 24.3 Å². The van der Waals surface area contributed by atoms with Crippen molar-refractivity contribution in [1.29, 1.82) is 0 Å². The molecule has 0 saturated carbocycles. The molecule has 0 radical (unpaired) electrons. The van der Waals surface area contributed by atoms with Crippen molar-refractivity contribution in [1.82, 2.24) is 4.90 Å². The van der Waals surface area contributed by atoms with Gasteiger partial charge >= 0.3 is 0 Å². The molecular weight excluding hydrogens is 340 g/mol. The number of rotatable bonds is 5. The van der Waals surface area contributed by atoms with Crippen molar-refractivity contribution in [3.63, 3.8) is 0 Å². The fraction of sp³-hybridized carbons (Fsp3) is 0.400. The van der Waals surface area contributed by atoms with E-state index in [-0.39, 0.29) is 6.61 Å². The van der Waals surface area contributed by atoms with Crippen molar-refractivity contribution in [3.05, 3.63) is 70.8 Å². The van der Waals surface area contributed by atoms with Gasteiger partial charge in [0.25, 0.3) is 0 Å². The van der Waals surface area contributed by atoms with Gasteiger partial charge in [0, 0.05) is 0 Å². The van der Waals surface area contributed by atoms with E-state index < -0.39 is 31.3 Å². The first-order valence-corrected chi connectivity index (χ1v) is 8.63. The second-order valence-corrected chi connectivity index (χ2v) is 6.87. The molecule has 1 N–H and O–H groups in total. The van der Waals surface area contributed by atoms with Gasteiger partial charge in [-0.25, -0.2) is 13.7 Å². The Bertz CT molecular complexity index is 691. The molecule has 2 aromatic rings. The summed E-state index contributed by atoms with van der Waals surface area (Å²) in [5.74, 6) is 0. The second-order valence-electron chi connectivity index (χ2n) is 6.87. The van der Waals surface area contributed by atoms with Crippen LogP contribution in [0.2, 0.25) is 0 Å². The predicted octanol–water partition coefficient (Wildman–Crippen LogP) is 3.42. The van der Waals surface area contributed by atoms with Crippen LogP contribution in [0.5, 0.6) is 0 Å². The highest BCUT2D eigenvalue weighted by molar-refractivity contribution is 5.29. The quantitative estimate of drug-likeness (QED) is 0.886. The van der Waals surface area contributed by atoms with E-state index in [1.807, 2.05) is 29.2 Å². The van der Waals surface area contributed by atoms with Crippen LogP contribution < -0.4 is 0 Å². The van der Waals surface area contributed by atoms with E-state index in [9.17, 15) is 13.9 Å². The summed E-state index contributed by atoms with van der Waals surface area (Å²) >= 11 is 0. The van der Waals surface area contributed by atoms with Crippen LogP contribution in [0.3, 0.4) is 0 Å². The van der Waals surface area contributed by atoms with Crippen LogP contribution in [-0.2, 0) is 22.8 Å². The number of ether oxygens (including phenoxy) is 2. The molecule has 2 aromatic carbocycles. The first-order valence-electron chi connectivity index (χ1n) is 8.63. The lowest BCUT2D eigenvalue weighted by molar-refractivity contribution is -0.0630. The summed E-state index contributed by atoms with van der Waals surface area (Å²) in [5.41, 5.74) is 2.36. The normalized spacial score (nSPS) is 28.4. The smallest absolute Gasteiger partial charge is 0.139 e. The Labute approximate surface area is 151 Å². The Hall–Kier alpha value is -1.86. The lowest BCUT2D eigenvalue weighted by Gasteiger charge is -2.33. The standard InChI is InChI=1S/C20H21F2NO3/c21-9-14-1-5-16(6-2-14)18-23-19(17-7-3-15(10-22)4-8-17)26-13-20(23,11-24)12-25-18/h1-8,18-19,24H,9-13H2/t18-,19?,20?/m0/s1. The third-order valence-corrected chi connectivity index (χ3v) is 5.21. The van der Waals surface area contributed by atoms with Crippen LogP contribution in [-0.4, -0.2) is 35.4 Å². The van der Waals surface area contributed by atoms with Crippen LogP contribution in [0.25, 0.3) is 0 Å². The summed E-state index contributed by atoms with van der Waals surface area (Å²) in [5, 5.41) is 10.0. The average molecular weight is 361 g/mol. The highest BCUT2D eigenvalue weighted by Crippen LogP contribution is 2.48. The molecule has 0 aromatic heterocycles. The molecule has 0 spiro atoms. The number of fused-ring (bicyclic) bond motifs is 1. The maximum Gasteiger partial charge on any atom is 0.139 e. The van der Waals surface area contributed by atoms with Gasteiger partial charge in [-0.2, -0.15) is 0 Å². The summed E-state index contributed by atoms with van der Waals surface area (Å²) in [4.78, 5) is 2.03. The summed E-state index contributed by atoms with van der Waals surface area (Å²) in [6.45, 7) is -0.424. The molecule has 26 heavy (non-hydrogen) atoms. The summed E-state index contributed by atoms with van der Waals surface area (Å²) in [6, 6.07) is 14.3. The largest absolute Gasteiger partial charge is 0.394 e. The number of alkyl halides is 2. The molecular formula is C20H21F2NO3. The van der Waals surface area contributed by atoms with Gasteiger partial charge in [-0.15, -0.1) is 0 Å². The van der Waals surface area contributed by atoms with E-state index in [0.717, 1.165) is 11.1 Å². The van der Waals surface area contributed by atoms with Crippen molar-refractivity contribution >= 4 is 0 Å². The number of hydrogen-bond donors (Lipinski definition) is 1. The fourth-order valence-corrected chi connectivity index (χ4v) is 3.67. The van der Waals surface area contributed by atoms with Gasteiger partial charge in [0.1, 0.15) is 25.8 Å². The Morgan fingerprint density at radius 1 is 0.846 bits per heavy atom. The van der Waals surface area contributed by atoms with E-state index in [1.54, 1.807) is 24.3 Å². The first kappa shape index (κ1) is 17.5. The molecule has 2 fully saturated rings. The molecule has 4 rings (SSSR count). The summed E-state index contributed by atoms with van der Waals surface area (Å²) in [7, 11) is 0. The van der Waals surface area contributed by atoms with E-state index in [4.69, 9.17) is 9.47 Å². The van der Waals surface area contributed by atoms with Crippen molar-refractivity contribution in [2.24, 2.45) is 0 Å². The zero-order valence-electron chi connectivity index (χ0n) is 14.3. The maximum absolute atomic E-state index is 12.8. The molecule has 3 atom stereocenters. The number of benzene rings is 2. The second kappa shape index (κ2) is 7.04. The first-order chi connectivity index (χ1) is 12.7. The van der Waals surface area contributed by atoms with Gasteiger partial charge in [0.2, 0.25) is 0 Å². The van der Waals surface area contributed by atoms with E-state index >= 15 is 0 Å². The predicted molar refractivity (Wildman–Crippen MR) is 91.5 cm³/mol. The number of aliphatic hydroxyl groups is 1. The Morgan fingerprint density at radius 3 is 1.62 bits per heavy atom. The molecule has 0 amide bonds. The fourth-order valence-electron chi connectivity index (χ4n) is 3.67. The van der Waals surface area contributed by atoms with Gasteiger partial charge in [0.05, 0.1) is 25.4 Å². The molecule has 0 aliphatic carbocycles. The molecule has 4 nitrogen and oxygen atoms in total. The molecule has 2 aliphatic rings. The SMILES string of the molecule is OCC12COC(c3ccc(CF)cc3)N1[C@H](c1ccc(CF)cc1)OC2. The van der Waals surface area contributed by atoms with Gasteiger partial charge in [-0.1, -0.05) is 48.5 Å². The van der Waals surface area contributed by atoms with Crippen LogP contribution in [0.4, 0.5) is 8.78 Å². The third-order valence-electron chi connectivity index (χ3n) is 5.21.